The number of thiazole rings is 1. The van der Waals surface area contributed by atoms with Crippen LogP contribution in [0.3, 0.4) is 0 Å². The number of rotatable bonds is 7. The average molecular weight is 320 g/mol. The highest BCUT2D eigenvalue weighted by Crippen LogP contribution is 2.16. The van der Waals surface area contributed by atoms with E-state index in [1.807, 2.05) is 0 Å². The van der Waals surface area contributed by atoms with E-state index >= 15 is 0 Å². The first-order valence-corrected chi connectivity index (χ1v) is 7.42. The number of hydrogen-bond donors (Lipinski definition) is 1. The lowest BCUT2D eigenvalue weighted by atomic mass is 10.1. The Balaban J connectivity index is 1.97. The number of nitrogens with zero attached hydrogens (tertiary/aromatic N) is 1. The van der Waals surface area contributed by atoms with E-state index < -0.39 is 6.10 Å². The summed E-state index contributed by atoms with van der Waals surface area (Å²) in [5.74, 6) is 0.101. The van der Waals surface area contributed by atoms with Crippen molar-refractivity contribution >= 4 is 28.7 Å². The minimum atomic E-state index is -0.862. The van der Waals surface area contributed by atoms with Gasteiger partial charge >= 0.3 is 0 Å². The number of aromatic nitrogens is 1. The van der Waals surface area contributed by atoms with Crippen LogP contribution in [0.1, 0.15) is 16.2 Å². The molecule has 0 radical (unpaired) electrons. The summed E-state index contributed by atoms with van der Waals surface area (Å²) >= 11 is 1.24. The van der Waals surface area contributed by atoms with E-state index in [-0.39, 0.29) is 18.1 Å². The van der Waals surface area contributed by atoms with E-state index in [2.05, 4.69) is 10.3 Å². The van der Waals surface area contributed by atoms with Crippen molar-refractivity contribution in [1.29, 1.82) is 0 Å². The largest absolute Gasteiger partial charge is 0.497 e. The maximum absolute atomic E-state index is 12.2. The molecule has 0 saturated heterocycles. The molecule has 1 N–H and O–H groups in total. The predicted octanol–water partition coefficient (Wildman–Crippen LogP) is 2.38. The second-order valence-electron chi connectivity index (χ2n) is 4.41. The van der Waals surface area contributed by atoms with Crippen LogP contribution in [0.5, 0.6) is 5.75 Å². The summed E-state index contributed by atoms with van der Waals surface area (Å²) in [7, 11) is 2.96. The van der Waals surface area contributed by atoms with Gasteiger partial charge in [0, 0.05) is 30.8 Å². The Morgan fingerprint density at radius 2 is 2.00 bits per heavy atom. The number of ketones is 1. The van der Waals surface area contributed by atoms with Gasteiger partial charge < -0.3 is 14.8 Å². The molecule has 0 bridgehead atoms. The summed E-state index contributed by atoms with van der Waals surface area (Å²) in [6.45, 7) is 0. The fourth-order valence-corrected chi connectivity index (χ4v) is 2.38. The smallest absolute Gasteiger partial charge is 0.253 e. The molecule has 1 aromatic carbocycles. The molecule has 0 spiro atoms. The molecule has 2 rings (SSSR count). The minimum absolute atomic E-state index is 0.0496. The van der Waals surface area contributed by atoms with Crippen LogP contribution in [0.2, 0.25) is 0 Å². The third-order valence-corrected chi connectivity index (χ3v) is 3.79. The van der Waals surface area contributed by atoms with Gasteiger partial charge in [-0.2, -0.15) is 0 Å². The van der Waals surface area contributed by atoms with Crippen molar-refractivity contribution in [2.75, 3.05) is 19.5 Å². The number of carbonyl (C=O) groups excluding carboxylic acids is 2. The van der Waals surface area contributed by atoms with Gasteiger partial charge in [0.2, 0.25) is 0 Å². The SMILES string of the molecule is COc1ccc(NC(=O)[C@H](CC(=O)c2nccs2)OC)cc1. The predicted molar refractivity (Wildman–Crippen MR) is 83.5 cm³/mol. The molecule has 22 heavy (non-hydrogen) atoms. The Morgan fingerprint density at radius 1 is 1.27 bits per heavy atom. The van der Waals surface area contributed by atoms with Crippen molar-refractivity contribution in [3.63, 3.8) is 0 Å². The van der Waals surface area contributed by atoms with E-state index in [9.17, 15) is 9.59 Å². The molecule has 0 saturated carbocycles. The third kappa shape index (κ3) is 4.12. The van der Waals surface area contributed by atoms with Crippen molar-refractivity contribution in [1.82, 2.24) is 4.98 Å². The van der Waals surface area contributed by atoms with Gasteiger partial charge in [0.05, 0.1) is 7.11 Å². The zero-order valence-electron chi connectivity index (χ0n) is 12.2. The van der Waals surface area contributed by atoms with Crippen LogP contribution >= 0.6 is 11.3 Å². The first kappa shape index (κ1) is 16.1. The van der Waals surface area contributed by atoms with Crippen LogP contribution in [0.15, 0.2) is 35.8 Å². The number of carbonyl (C=O) groups is 2. The zero-order valence-corrected chi connectivity index (χ0v) is 13.1. The maximum atomic E-state index is 12.2. The lowest BCUT2D eigenvalue weighted by Crippen LogP contribution is -2.31. The lowest BCUT2D eigenvalue weighted by molar-refractivity contribution is -0.125. The van der Waals surface area contributed by atoms with Crippen molar-refractivity contribution in [3.8, 4) is 5.75 Å². The molecule has 116 valence electrons. The summed E-state index contributed by atoms with van der Waals surface area (Å²) in [6.07, 6.45) is 0.641. The number of nitrogens with one attached hydrogen (secondary N) is 1. The van der Waals surface area contributed by atoms with Crippen molar-refractivity contribution in [2.45, 2.75) is 12.5 Å². The Morgan fingerprint density at radius 3 is 2.55 bits per heavy atom. The summed E-state index contributed by atoms with van der Waals surface area (Å²) < 4.78 is 10.2. The molecule has 0 unspecified atom stereocenters. The molecule has 2 aromatic rings. The molecule has 0 fully saturated rings. The van der Waals surface area contributed by atoms with Gasteiger partial charge in [-0.05, 0) is 24.3 Å². The summed E-state index contributed by atoms with van der Waals surface area (Å²) in [5, 5.41) is 4.80. The van der Waals surface area contributed by atoms with Gasteiger partial charge in [-0.1, -0.05) is 0 Å². The molecular formula is C15H16N2O4S. The second-order valence-corrected chi connectivity index (χ2v) is 5.30. The molecule has 7 heteroatoms. The molecule has 6 nitrogen and oxygen atoms in total. The van der Waals surface area contributed by atoms with Crippen molar-refractivity contribution < 1.29 is 19.1 Å². The third-order valence-electron chi connectivity index (χ3n) is 2.98. The monoisotopic (exact) mass is 320 g/mol. The summed E-state index contributed by atoms with van der Waals surface area (Å²) in [5.41, 5.74) is 0.606. The molecule has 0 aliphatic heterocycles. The van der Waals surface area contributed by atoms with Crippen LogP contribution in [-0.4, -0.2) is 37.0 Å². The first-order valence-electron chi connectivity index (χ1n) is 6.54. The second kappa shape index (κ2) is 7.67. The van der Waals surface area contributed by atoms with E-state index in [4.69, 9.17) is 9.47 Å². The van der Waals surface area contributed by atoms with Crippen LogP contribution in [0, 0.1) is 0 Å². The topological polar surface area (TPSA) is 77.5 Å². The van der Waals surface area contributed by atoms with E-state index in [0.29, 0.717) is 16.4 Å². The molecule has 0 aliphatic carbocycles. The van der Waals surface area contributed by atoms with E-state index in [1.54, 1.807) is 43.0 Å². The Kier molecular flexibility index (Phi) is 5.62. The molecular weight excluding hydrogens is 304 g/mol. The fraction of sp³-hybridized carbons (Fsp3) is 0.267. The van der Waals surface area contributed by atoms with Crippen LogP contribution in [-0.2, 0) is 9.53 Å². The Hall–Kier alpha value is -2.25. The number of amides is 1. The van der Waals surface area contributed by atoms with Gasteiger partial charge in [-0.25, -0.2) is 4.98 Å². The summed E-state index contributed by atoms with van der Waals surface area (Å²) in [6, 6.07) is 6.90. The van der Waals surface area contributed by atoms with Crippen molar-refractivity contribution in [2.24, 2.45) is 0 Å². The Labute approximate surface area is 132 Å². The highest BCUT2D eigenvalue weighted by atomic mass is 32.1. The van der Waals surface area contributed by atoms with Gasteiger partial charge in [-0.15, -0.1) is 11.3 Å². The van der Waals surface area contributed by atoms with E-state index in [0.717, 1.165) is 0 Å². The van der Waals surface area contributed by atoms with Gasteiger partial charge in [0.1, 0.15) is 11.9 Å². The summed E-state index contributed by atoms with van der Waals surface area (Å²) in [4.78, 5) is 28.1. The quantitative estimate of drug-likeness (QED) is 0.793. The van der Waals surface area contributed by atoms with Crippen LogP contribution in [0.4, 0.5) is 5.69 Å². The lowest BCUT2D eigenvalue weighted by Gasteiger charge is -2.14. The standard InChI is InChI=1S/C15H16N2O4S/c1-20-11-5-3-10(4-6-11)17-14(19)13(21-2)9-12(18)15-16-7-8-22-15/h3-8,13H,9H2,1-2H3,(H,17,19)/t13-/m0/s1. The highest BCUT2D eigenvalue weighted by Gasteiger charge is 2.23. The first-order chi connectivity index (χ1) is 10.6. The molecule has 1 heterocycles. The number of anilines is 1. The zero-order chi connectivity index (χ0) is 15.9. The van der Waals surface area contributed by atoms with Crippen molar-refractivity contribution in [3.05, 3.63) is 40.8 Å². The normalized spacial score (nSPS) is 11.7. The van der Waals surface area contributed by atoms with Crippen LogP contribution < -0.4 is 10.1 Å². The van der Waals surface area contributed by atoms with Gasteiger partial charge in [0.15, 0.2) is 10.8 Å². The average Bonchev–Trinajstić information content (AvgIpc) is 3.07. The van der Waals surface area contributed by atoms with Crippen LogP contribution in [0.25, 0.3) is 0 Å². The number of benzene rings is 1. The maximum Gasteiger partial charge on any atom is 0.253 e. The van der Waals surface area contributed by atoms with Gasteiger partial charge in [0.25, 0.3) is 5.91 Å². The molecule has 0 aliphatic rings. The fourth-order valence-electron chi connectivity index (χ4n) is 1.80. The number of hydrogen-bond acceptors (Lipinski definition) is 6. The molecule has 1 atom stereocenters. The number of ether oxygens (including phenoxy) is 2. The molecule has 1 amide bonds. The number of Topliss-reactive ketones (excluding diaryl/α,β-unsaturated/α-hetero) is 1. The highest BCUT2D eigenvalue weighted by molar-refractivity contribution is 7.11. The number of methoxy groups -OCH3 is 2. The Bertz CT molecular complexity index is 626. The molecule has 1 aromatic heterocycles. The minimum Gasteiger partial charge on any atom is -0.497 e. The van der Waals surface area contributed by atoms with E-state index in [1.165, 1.54) is 18.4 Å². The van der Waals surface area contributed by atoms with Gasteiger partial charge in [-0.3, -0.25) is 9.59 Å².